The number of methoxy groups -OCH3 is 1. The van der Waals surface area contributed by atoms with Crippen molar-refractivity contribution in [1.82, 2.24) is 4.90 Å². The summed E-state index contributed by atoms with van der Waals surface area (Å²) in [7, 11) is 1.63. The fourth-order valence-corrected chi connectivity index (χ4v) is 3.61. The van der Waals surface area contributed by atoms with Crippen LogP contribution in [0.4, 0.5) is 5.69 Å². The van der Waals surface area contributed by atoms with Gasteiger partial charge in [-0.1, -0.05) is 29.8 Å². The van der Waals surface area contributed by atoms with E-state index in [-0.39, 0.29) is 17.7 Å². The van der Waals surface area contributed by atoms with Gasteiger partial charge >= 0.3 is 0 Å². The zero-order chi connectivity index (χ0) is 20.1. The number of nitrogens with zero attached hydrogens (tertiary/aromatic N) is 1. The number of aryl methyl sites for hydroxylation is 2. The van der Waals surface area contributed by atoms with Crippen LogP contribution < -0.4 is 10.1 Å². The maximum absolute atomic E-state index is 12.6. The molecule has 1 N–H and O–H groups in total. The highest BCUT2D eigenvalue weighted by molar-refractivity contribution is 5.93. The van der Waals surface area contributed by atoms with Gasteiger partial charge in [-0.25, -0.2) is 0 Å². The van der Waals surface area contributed by atoms with Gasteiger partial charge < -0.3 is 15.0 Å². The first-order valence-electron chi connectivity index (χ1n) is 9.75. The Morgan fingerprint density at radius 1 is 1.07 bits per heavy atom. The van der Waals surface area contributed by atoms with Crippen molar-refractivity contribution in [2.45, 2.75) is 33.1 Å². The Bertz CT molecular complexity index is 837. The predicted molar refractivity (Wildman–Crippen MR) is 111 cm³/mol. The van der Waals surface area contributed by atoms with Gasteiger partial charge in [0.25, 0.3) is 0 Å². The second-order valence-corrected chi connectivity index (χ2v) is 7.49. The summed E-state index contributed by atoms with van der Waals surface area (Å²) in [5, 5.41) is 3.05. The number of benzene rings is 2. The van der Waals surface area contributed by atoms with Gasteiger partial charge in [-0.05, 0) is 56.0 Å². The molecule has 0 spiro atoms. The molecule has 28 heavy (non-hydrogen) atoms. The van der Waals surface area contributed by atoms with Crippen LogP contribution >= 0.6 is 0 Å². The van der Waals surface area contributed by atoms with Gasteiger partial charge in [0, 0.05) is 24.7 Å². The minimum atomic E-state index is -0.0502. The zero-order valence-electron chi connectivity index (χ0n) is 16.8. The van der Waals surface area contributed by atoms with Crippen molar-refractivity contribution in [2.75, 3.05) is 25.5 Å². The smallest absolute Gasteiger partial charge is 0.227 e. The van der Waals surface area contributed by atoms with Gasteiger partial charge in [0.2, 0.25) is 11.8 Å². The lowest BCUT2D eigenvalue weighted by molar-refractivity contribution is -0.133. The lowest BCUT2D eigenvalue weighted by Gasteiger charge is -2.31. The van der Waals surface area contributed by atoms with Crippen molar-refractivity contribution >= 4 is 17.5 Å². The van der Waals surface area contributed by atoms with E-state index in [0.717, 1.165) is 22.6 Å². The van der Waals surface area contributed by atoms with Crippen LogP contribution in [0.2, 0.25) is 0 Å². The molecule has 2 amide bonds. The number of hydrogen-bond acceptors (Lipinski definition) is 3. The molecule has 3 rings (SSSR count). The monoisotopic (exact) mass is 380 g/mol. The summed E-state index contributed by atoms with van der Waals surface area (Å²) in [6.45, 7) is 5.29. The Morgan fingerprint density at radius 2 is 1.75 bits per heavy atom. The summed E-state index contributed by atoms with van der Waals surface area (Å²) in [5.74, 6) is 0.894. The molecule has 5 nitrogen and oxygen atoms in total. The van der Waals surface area contributed by atoms with Crippen LogP contribution in [0.5, 0.6) is 5.75 Å². The molecule has 1 aliphatic heterocycles. The third kappa shape index (κ3) is 4.91. The lowest BCUT2D eigenvalue weighted by atomic mass is 9.95. The molecule has 1 fully saturated rings. The number of carbonyl (C=O) groups is 2. The third-order valence-electron chi connectivity index (χ3n) is 5.37. The standard InChI is InChI=1S/C23H28N2O3/c1-16-4-9-21(17(2)14-16)24-23(27)19-10-12-25(13-11-19)22(26)15-18-5-7-20(28-3)8-6-18/h4-9,14,19H,10-13,15H2,1-3H3,(H,24,27). The normalized spacial score (nSPS) is 14.6. The van der Waals surface area contributed by atoms with Crippen molar-refractivity contribution in [3.63, 3.8) is 0 Å². The molecular weight excluding hydrogens is 352 g/mol. The summed E-state index contributed by atoms with van der Waals surface area (Å²) in [6, 6.07) is 13.6. The number of rotatable bonds is 5. The van der Waals surface area contributed by atoms with Crippen molar-refractivity contribution < 1.29 is 14.3 Å². The fraction of sp³-hybridized carbons (Fsp3) is 0.391. The maximum atomic E-state index is 12.6. The van der Waals surface area contributed by atoms with Crippen molar-refractivity contribution in [1.29, 1.82) is 0 Å². The quantitative estimate of drug-likeness (QED) is 0.860. The van der Waals surface area contributed by atoms with E-state index in [1.54, 1.807) is 7.11 Å². The van der Waals surface area contributed by atoms with Gasteiger partial charge in [-0.15, -0.1) is 0 Å². The highest BCUT2D eigenvalue weighted by atomic mass is 16.5. The summed E-state index contributed by atoms with van der Waals surface area (Å²) in [5.41, 5.74) is 4.09. The number of piperidine rings is 1. The molecule has 0 aromatic heterocycles. The topological polar surface area (TPSA) is 58.6 Å². The SMILES string of the molecule is COc1ccc(CC(=O)N2CCC(C(=O)Nc3ccc(C)cc3C)CC2)cc1. The third-order valence-corrected chi connectivity index (χ3v) is 5.37. The van der Waals surface area contributed by atoms with E-state index < -0.39 is 0 Å². The van der Waals surface area contributed by atoms with Crippen LogP contribution in [0, 0.1) is 19.8 Å². The van der Waals surface area contributed by atoms with E-state index in [4.69, 9.17) is 4.74 Å². The number of ether oxygens (including phenoxy) is 1. The molecule has 0 radical (unpaired) electrons. The first kappa shape index (κ1) is 19.9. The molecule has 0 bridgehead atoms. The summed E-state index contributed by atoms with van der Waals surface area (Å²) in [4.78, 5) is 27.0. The lowest BCUT2D eigenvalue weighted by Crippen LogP contribution is -2.42. The van der Waals surface area contributed by atoms with E-state index in [9.17, 15) is 9.59 Å². The summed E-state index contributed by atoms with van der Waals surface area (Å²) < 4.78 is 5.15. The molecule has 0 aliphatic carbocycles. The molecule has 1 aliphatic rings. The average molecular weight is 380 g/mol. The van der Waals surface area contributed by atoms with E-state index in [1.807, 2.05) is 55.1 Å². The first-order chi connectivity index (χ1) is 13.5. The van der Waals surface area contributed by atoms with Crippen LogP contribution in [0.15, 0.2) is 42.5 Å². The number of likely N-dealkylation sites (tertiary alicyclic amines) is 1. The molecule has 148 valence electrons. The largest absolute Gasteiger partial charge is 0.497 e. The van der Waals surface area contributed by atoms with Gasteiger partial charge in [-0.3, -0.25) is 9.59 Å². The molecular formula is C23H28N2O3. The summed E-state index contributed by atoms with van der Waals surface area (Å²) >= 11 is 0. The number of carbonyl (C=O) groups excluding carboxylic acids is 2. The molecule has 5 heteroatoms. The molecule has 1 heterocycles. The van der Waals surface area contributed by atoms with Crippen molar-refractivity contribution in [3.8, 4) is 5.75 Å². The Hall–Kier alpha value is -2.82. The van der Waals surface area contributed by atoms with E-state index in [2.05, 4.69) is 11.4 Å². The summed E-state index contributed by atoms with van der Waals surface area (Å²) in [6.07, 6.45) is 1.78. The number of anilines is 1. The number of amides is 2. The second kappa shape index (κ2) is 8.91. The van der Waals surface area contributed by atoms with E-state index in [0.29, 0.717) is 32.4 Å². The molecule has 0 saturated carbocycles. The molecule has 2 aromatic rings. The number of hydrogen-bond donors (Lipinski definition) is 1. The van der Waals surface area contributed by atoms with Crippen LogP contribution in [0.1, 0.15) is 29.5 Å². The van der Waals surface area contributed by atoms with Gasteiger partial charge in [0.1, 0.15) is 5.75 Å². The molecule has 0 atom stereocenters. The van der Waals surface area contributed by atoms with E-state index >= 15 is 0 Å². The molecule has 0 unspecified atom stereocenters. The Balaban J connectivity index is 1.50. The zero-order valence-corrected chi connectivity index (χ0v) is 16.8. The van der Waals surface area contributed by atoms with Crippen LogP contribution in [0.25, 0.3) is 0 Å². The van der Waals surface area contributed by atoms with Crippen LogP contribution in [0.3, 0.4) is 0 Å². The highest BCUT2D eigenvalue weighted by Crippen LogP contribution is 2.22. The number of nitrogens with one attached hydrogen (secondary N) is 1. The Labute approximate surface area is 166 Å². The van der Waals surface area contributed by atoms with Gasteiger partial charge in [0.05, 0.1) is 13.5 Å². The van der Waals surface area contributed by atoms with Gasteiger partial charge in [-0.2, -0.15) is 0 Å². The predicted octanol–water partition coefficient (Wildman–Crippen LogP) is 3.73. The minimum absolute atomic E-state index is 0.0502. The second-order valence-electron chi connectivity index (χ2n) is 7.49. The fourth-order valence-electron chi connectivity index (χ4n) is 3.61. The van der Waals surface area contributed by atoms with Crippen molar-refractivity contribution in [3.05, 3.63) is 59.2 Å². The first-order valence-corrected chi connectivity index (χ1v) is 9.75. The van der Waals surface area contributed by atoms with Gasteiger partial charge in [0.15, 0.2) is 0 Å². The van der Waals surface area contributed by atoms with Crippen LogP contribution in [-0.4, -0.2) is 36.9 Å². The Morgan fingerprint density at radius 3 is 2.36 bits per heavy atom. The average Bonchev–Trinajstić information content (AvgIpc) is 2.70. The minimum Gasteiger partial charge on any atom is -0.497 e. The Kier molecular flexibility index (Phi) is 6.34. The maximum Gasteiger partial charge on any atom is 0.227 e. The van der Waals surface area contributed by atoms with Crippen LogP contribution in [-0.2, 0) is 16.0 Å². The highest BCUT2D eigenvalue weighted by Gasteiger charge is 2.27. The van der Waals surface area contributed by atoms with Crippen molar-refractivity contribution in [2.24, 2.45) is 5.92 Å². The van der Waals surface area contributed by atoms with E-state index in [1.165, 1.54) is 5.56 Å². The molecule has 1 saturated heterocycles. The molecule has 2 aromatic carbocycles.